The number of carbonyl (C=O) groups excluding carboxylic acids is 1. The van der Waals surface area contributed by atoms with Crippen LogP contribution in [0.3, 0.4) is 0 Å². The third-order valence-electron chi connectivity index (χ3n) is 7.90. The van der Waals surface area contributed by atoms with Gasteiger partial charge in [-0.25, -0.2) is 9.50 Å². The van der Waals surface area contributed by atoms with Gasteiger partial charge in [-0.15, -0.1) is 5.10 Å². The van der Waals surface area contributed by atoms with Gasteiger partial charge in [-0.3, -0.25) is 4.79 Å². The minimum absolute atomic E-state index is 0.114. The lowest BCUT2D eigenvalue weighted by atomic mass is 9.73. The van der Waals surface area contributed by atoms with Crippen molar-refractivity contribution in [2.24, 2.45) is 0 Å². The van der Waals surface area contributed by atoms with E-state index in [0.29, 0.717) is 18.5 Å². The van der Waals surface area contributed by atoms with Crippen LogP contribution >= 0.6 is 0 Å². The minimum Gasteiger partial charge on any atom is -0.390 e. The van der Waals surface area contributed by atoms with Crippen LogP contribution in [0.2, 0.25) is 0 Å². The molecule has 0 unspecified atom stereocenters. The summed E-state index contributed by atoms with van der Waals surface area (Å²) in [5.74, 6) is -0.0612. The molecule has 2 bridgehead atoms. The topological polar surface area (TPSA) is 82.8 Å². The highest BCUT2D eigenvalue weighted by atomic mass is 16.3. The molecule has 1 aliphatic heterocycles. The number of aromatic nitrogens is 3. The molecule has 1 atom stereocenters. The van der Waals surface area contributed by atoms with Crippen LogP contribution in [0.4, 0.5) is 5.69 Å². The zero-order valence-electron chi connectivity index (χ0n) is 18.6. The monoisotopic (exact) mass is 431 g/mol. The summed E-state index contributed by atoms with van der Waals surface area (Å²) in [6.45, 7) is 6.26. The molecule has 3 saturated carbocycles. The van der Waals surface area contributed by atoms with E-state index in [4.69, 9.17) is 0 Å². The number of aliphatic hydroxyl groups is 1. The van der Waals surface area contributed by atoms with E-state index in [1.807, 2.05) is 13.1 Å². The Morgan fingerprint density at radius 3 is 2.66 bits per heavy atom. The fourth-order valence-electron chi connectivity index (χ4n) is 6.14. The first-order valence-corrected chi connectivity index (χ1v) is 11.5. The van der Waals surface area contributed by atoms with Crippen LogP contribution in [-0.2, 0) is 5.41 Å². The van der Waals surface area contributed by atoms with Crippen molar-refractivity contribution in [3.8, 4) is 0 Å². The molecule has 7 heteroatoms. The molecule has 1 amide bonds. The van der Waals surface area contributed by atoms with Crippen molar-refractivity contribution < 1.29 is 9.90 Å². The first-order valence-electron chi connectivity index (χ1n) is 11.5. The quantitative estimate of drug-likeness (QED) is 0.664. The second kappa shape index (κ2) is 6.54. The number of hydrogen-bond acceptors (Lipinski definition) is 5. The minimum atomic E-state index is -0.574. The molecule has 0 spiro atoms. The average Bonchev–Trinajstić information content (AvgIpc) is 3.50. The molecule has 1 saturated heterocycles. The molecule has 3 aliphatic carbocycles. The highest BCUT2D eigenvalue weighted by Crippen LogP contribution is 2.54. The molecule has 4 fully saturated rings. The number of nitrogens with zero attached hydrogens (tertiary/aromatic N) is 4. The normalized spacial score (nSPS) is 31.2. The zero-order chi connectivity index (χ0) is 22.1. The maximum atomic E-state index is 12.9. The summed E-state index contributed by atoms with van der Waals surface area (Å²) in [7, 11) is 0. The van der Waals surface area contributed by atoms with Gasteiger partial charge in [0.2, 0.25) is 5.82 Å². The fourth-order valence-corrected chi connectivity index (χ4v) is 6.14. The number of pyridine rings is 1. The van der Waals surface area contributed by atoms with Gasteiger partial charge in [0.25, 0.3) is 5.91 Å². The Labute approximate surface area is 187 Å². The Hall–Kier alpha value is -2.93. The molecule has 7 rings (SSSR count). The van der Waals surface area contributed by atoms with Gasteiger partial charge in [-0.2, -0.15) is 0 Å². The van der Waals surface area contributed by atoms with Gasteiger partial charge in [-0.1, -0.05) is 37.3 Å². The van der Waals surface area contributed by atoms with E-state index in [1.54, 1.807) is 4.52 Å². The number of anilines is 1. The number of hydrogen-bond donors (Lipinski definition) is 2. The van der Waals surface area contributed by atoms with Gasteiger partial charge in [0, 0.05) is 24.0 Å². The van der Waals surface area contributed by atoms with Crippen molar-refractivity contribution in [3.05, 3.63) is 59.5 Å². The first-order chi connectivity index (χ1) is 15.3. The summed E-state index contributed by atoms with van der Waals surface area (Å²) in [6, 6.07) is 12.9. The zero-order valence-corrected chi connectivity index (χ0v) is 18.6. The second-order valence-corrected chi connectivity index (χ2v) is 10.5. The highest BCUT2D eigenvalue weighted by molar-refractivity contribution is 5.92. The Morgan fingerprint density at radius 1 is 1.16 bits per heavy atom. The van der Waals surface area contributed by atoms with E-state index in [-0.39, 0.29) is 22.7 Å². The lowest BCUT2D eigenvalue weighted by Gasteiger charge is -2.44. The van der Waals surface area contributed by atoms with Gasteiger partial charge >= 0.3 is 0 Å². The third-order valence-corrected chi connectivity index (χ3v) is 7.90. The van der Waals surface area contributed by atoms with Crippen LogP contribution in [0.1, 0.15) is 60.8 Å². The van der Waals surface area contributed by atoms with Crippen LogP contribution in [0.5, 0.6) is 0 Å². The number of rotatable bonds is 4. The number of benzene rings is 1. The van der Waals surface area contributed by atoms with Crippen molar-refractivity contribution in [2.75, 3.05) is 18.0 Å². The predicted molar refractivity (Wildman–Crippen MR) is 122 cm³/mol. The first kappa shape index (κ1) is 19.7. The standard InChI is InChI=1S/C25H29N5O2/c1-17-12-19(29-11-10-23(2,16-29)18-6-4-3-5-7-18)13-30-21(17)26-20(28-30)22(31)27-24-8-9-25(32,14-24)15-24/h3-7,12-13,32H,8-11,14-16H2,1-2H3,(H,27,31)/t23-,24?,25?/m0/s1. The second-order valence-electron chi connectivity index (χ2n) is 10.5. The van der Waals surface area contributed by atoms with E-state index in [2.05, 4.69) is 63.6 Å². The maximum Gasteiger partial charge on any atom is 0.291 e. The molecule has 4 aliphatic rings. The summed E-state index contributed by atoms with van der Waals surface area (Å²) in [4.78, 5) is 19.8. The van der Waals surface area contributed by atoms with E-state index in [9.17, 15) is 9.90 Å². The van der Waals surface area contributed by atoms with Crippen molar-refractivity contribution in [3.63, 3.8) is 0 Å². The largest absolute Gasteiger partial charge is 0.390 e. The van der Waals surface area contributed by atoms with Crippen molar-refractivity contribution in [1.29, 1.82) is 0 Å². The Morgan fingerprint density at radius 2 is 1.94 bits per heavy atom. The number of fused-ring (bicyclic) bond motifs is 2. The van der Waals surface area contributed by atoms with Gasteiger partial charge in [0.15, 0.2) is 5.65 Å². The lowest BCUT2D eigenvalue weighted by molar-refractivity contribution is -0.0407. The van der Waals surface area contributed by atoms with Crippen LogP contribution < -0.4 is 10.2 Å². The number of amides is 1. The van der Waals surface area contributed by atoms with Gasteiger partial charge in [-0.05, 0) is 56.2 Å². The average molecular weight is 432 g/mol. The van der Waals surface area contributed by atoms with Crippen LogP contribution in [-0.4, -0.2) is 49.8 Å². The van der Waals surface area contributed by atoms with Gasteiger partial charge in [0.1, 0.15) is 0 Å². The summed E-state index contributed by atoms with van der Waals surface area (Å²) in [5.41, 5.74) is 3.44. The molecule has 1 aromatic carbocycles. The molecule has 3 aromatic rings. The van der Waals surface area contributed by atoms with Crippen LogP contribution in [0.25, 0.3) is 5.65 Å². The molecule has 0 radical (unpaired) electrons. The summed E-state index contributed by atoms with van der Waals surface area (Å²) in [6.07, 6.45) is 5.92. The van der Waals surface area contributed by atoms with Crippen molar-refractivity contribution in [2.45, 2.75) is 62.5 Å². The van der Waals surface area contributed by atoms with E-state index >= 15 is 0 Å². The van der Waals surface area contributed by atoms with E-state index < -0.39 is 5.60 Å². The molecule has 2 aromatic heterocycles. The molecular weight excluding hydrogens is 402 g/mol. The van der Waals surface area contributed by atoms with Gasteiger partial charge < -0.3 is 15.3 Å². The number of nitrogens with one attached hydrogen (secondary N) is 1. The maximum absolute atomic E-state index is 12.9. The molecule has 3 heterocycles. The molecule has 2 N–H and O–H groups in total. The fraction of sp³-hybridized carbons (Fsp3) is 0.480. The summed E-state index contributed by atoms with van der Waals surface area (Å²) < 4.78 is 1.74. The Bertz CT molecular complexity index is 1210. The molecular formula is C25H29N5O2. The predicted octanol–water partition coefficient (Wildman–Crippen LogP) is 2.99. The van der Waals surface area contributed by atoms with Crippen LogP contribution in [0, 0.1) is 6.92 Å². The lowest BCUT2D eigenvalue weighted by Crippen LogP contribution is -2.58. The Balaban J connectivity index is 1.24. The van der Waals surface area contributed by atoms with Gasteiger partial charge in [0.05, 0.1) is 17.5 Å². The van der Waals surface area contributed by atoms with Crippen molar-refractivity contribution in [1.82, 2.24) is 19.9 Å². The molecule has 32 heavy (non-hydrogen) atoms. The number of aryl methyl sites for hydroxylation is 1. The summed E-state index contributed by atoms with van der Waals surface area (Å²) in [5, 5.41) is 17.8. The molecule has 7 nitrogen and oxygen atoms in total. The summed E-state index contributed by atoms with van der Waals surface area (Å²) >= 11 is 0. The van der Waals surface area contributed by atoms with Crippen molar-refractivity contribution >= 4 is 17.2 Å². The highest BCUT2D eigenvalue weighted by Gasteiger charge is 2.60. The third kappa shape index (κ3) is 3.02. The smallest absolute Gasteiger partial charge is 0.291 e. The van der Waals surface area contributed by atoms with E-state index in [1.165, 1.54) is 5.56 Å². The SMILES string of the molecule is Cc1cc(N2CC[C@](C)(c3ccccc3)C2)cn2nc(C(=O)NC34CCC(O)(C3)C4)nc12. The number of carbonyl (C=O) groups is 1. The Kier molecular flexibility index (Phi) is 4.03. The van der Waals surface area contributed by atoms with E-state index in [0.717, 1.165) is 43.6 Å². The molecule has 166 valence electrons. The van der Waals surface area contributed by atoms with Crippen LogP contribution in [0.15, 0.2) is 42.6 Å².